The molecule has 1 aliphatic heterocycles. The Kier molecular flexibility index (Phi) is 4.29. The van der Waals surface area contributed by atoms with Gasteiger partial charge in [0.15, 0.2) is 0 Å². The van der Waals surface area contributed by atoms with Crippen molar-refractivity contribution in [2.45, 2.75) is 38.5 Å². The Morgan fingerprint density at radius 2 is 2.14 bits per heavy atom. The zero-order valence-electron chi connectivity index (χ0n) is 9.92. The minimum Gasteiger partial charge on any atom is -0.330 e. The molecule has 0 radical (unpaired) electrons. The second kappa shape index (κ2) is 4.86. The van der Waals surface area contributed by atoms with Crippen molar-refractivity contribution in [2.24, 2.45) is 11.1 Å². The molecular weight excluding hydrogens is 192 g/mol. The first kappa shape index (κ1) is 12.3. The van der Waals surface area contributed by atoms with Gasteiger partial charge in [0.2, 0.25) is 0 Å². The minimum absolute atomic E-state index is 0.255. The molecular formula is C11H24N2S. The molecule has 3 heteroatoms. The van der Waals surface area contributed by atoms with Crippen LogP contribution >= 0.6 is 11.8 Å². The van der Waals surface area contributed by atoms with Crippen molar-refractivity contribution in [3.05, 3.63) is 0 Å². The predicted molar refractivity (Wildman–Crippen MR) is 65.8 cm³/mol. The Morgan fingerprint density at radius 3 is 2.57 bits per heavy atom. The standard InChI is InChI=1S/C11H24N2S/c1-9-5-10(6-14-9)13(4)8-11(2,3)7-12/h9-10H,5-8,12H2,1-4H3. The van der Waals surface area contributed by atoms with Gasteiger partial charge in [-0.3, -0.25) is 0 Å². The van der Waals surface area contributed by atoms with E-state index >= 15 is 0 Å². The highest BCUT2D eigenvalue weighted by Gasteiger charge is 2.28. The molecule has 0 bridgehead atoms. The van der Waals surface area contributed by atoms with E-state index < -0.39 is 0 Å². The van der Waals surface area contributed by atoms with E-state index in [1.807, 2.05) is 0 Å². The van der Waals surface area contributed by atoms with Gasteiger partial charge in [-0.25, -0.2) is 0 Å². The van der Waals surface area contributed by atoms with Crippen LogP contribution in [0.4, 0.5) is 0 Å². The van der Waals surface area contributed by atoms with E-state index in [2.05, 4.69) is 44.5 Å². The summed E-state index contributed by atoms with van der Waals surface area (Å²) >= 11 is 2.09. The molecule has 2 nitrogen and oxygen atoms in total. The van der Waals surface area contributed by atoms with Crippen LogP contribution in [-0.4, -0.2) is 42.1 Å². The van der Waals surface area contributed by atoms with Crippen molar-refractivity contribution in [1.29, 1.82) is 0 Å². The lowest BCUT2D eigenvalue weighted by Crippen LogP contribution is -2.42. The summed E-state index contributed by atoms with van der Waals surface area (Å²) in [7, 11) is 2.24. The maximum Gasteiger partial charge on any atom is 0.0194 e. The van der Waals surface area contributed by atoms with E-state index in [1.54, 1.807) is 0 Å². The lowest BCUT2D eigenvalue weighted by Gasteiger charge is -2.32. The van der Waals surface area contributed by atoms with Crippen LogP contribution < -0.4 is 5.73 Å². The highest BCUT2D eigenvalue weighted by atomic mass is 32.2. The molecule has 1 aliphatic rings. The topological polar surface area (TPSA) is 29.3 Å². The number of hydrogen-bond acceptors (Lipinski definition) is 3. The van der Waals surface area contributed by atoms with Crippen molar-refractivity contribution >= 4 is 11.8 Å². The molecule has 0 aliphatic carbocycles. The molecule has 0 saturated carbocycles. The number of nitrogens with two attached hydrogens (primary N) is 1. The average Bonchev–Trinajstić information content (AvgIpc) is 2.51. The van der Waals surface area contributed by atoms with Crippen LogP contribution in [-0.2, 0) is 0 Å². The van der Waals surface area contributed by atoms with Crippen LogP contribution in [0.25, 0.3) is 0 Å². The second-order valence-electron chi connectivity index (χ2n) is 5.32. The Hall–Kier alpha value is 0.270. The Bertz CT molecular complexity index is 182. The highest BCUT2D eigenvalue weighted by molar-refractivity contribution is 8.00. The molecule has 2 atom stereocenters. The fourth-order valence-corrected chi connectivity index (χ4v) is 3.27. The van der Waals surface area contributed by atoms with Crippen LogP contribution in [0.5, 0.6) is 0 Å². The maximum atomic E-state index is 5.75. The lowest BCUT2D eigenvalue weighted by atomic mass is 9.92. The third-order valence-corrected chi connectivity index (χ3v) is 4.37. The fraction of sp³-hybridized carbons (Fsp3) is 1.00. The van der Waals surface area contributed by atoms with Gasteiger partial charge in [-0.05, 0) is 25.4 Å². The third-order valence-electron chi connectivity index (χ3n) is 3.03. The molecule has 0 aromatic carbocycles. The molecule has 0 amide bonds. The zero-order chi connectivity index (χ0) is 10.8. The number of thioether (sulfide) groups is 1. The molecule has 0 aromatic rings. The molecule has 1 heterocycles. The Morgan fingerprint density at radius 1 is 1.50 bits per heavy atom. The summed E-state index contributed by atoms with van der Waals surface area (Å²) in [4.78, 5) is 2.49. The highest BCUT2D eigenvalue weighted by Crippen LogP contribution is 2.30. The smallest absolute Gasteiger partial charge is 0.0194 e. The van der Waals surface area contributed by atoms with Gasteiger partial charge in [-0.2, -0.15) is 11.8 Å². The quantitative estimate of drug-likeness (QED) is 0.777. The summed E-state index contributed by atoms with van der Waals surface area (Å²) in [6.07, 6.45) is 1.34. The van der Waals surface area contributed by atoms with E-state index in [0.29, 0.717) is 0 Å². The van der Waals surface area contributed by atoms with Crippen LogP contribution in [0.3, 0.4) is 0 Å². The molecule has 2 unspecified atom stereocenters. The summed E-state index contributed by atoms with van der Waals surface area (Å²) < 4.78 is 0. The molecule has 14 heavy (non-hydrogen) atoms. The monoisotopic (exact) mass is 216 g/mol. The van der Waals surface area contributed by atoms with E-state index in [4.69, 9.17) is 5.73 Å². The first-order valence-corrected chi connectivity index (χ1v) is 6.51. The van der Waals surface area contributed by atoms with Crippen LogP contribution in [0.15, 0.2) is 0 Å². The molecule has 2 N–H and O–H groups in total. The summed E-state index contributed by atoms with van der Waals surface area (Å²) in [5, 5.41) is 0.837. The van der Waals surface area contributed by atoms with E-state index in [9.17, 15) is 0 Å². The predicted octanol–water partition coefficient (Wildman–Crippen LogP) is 1.80. The molecule has 0 spiro atoms. The van der Waals surface area contributed by atoms with Gasteiger partial charge in [0, 0.05) is 23.6 Å². The average molecular weight is 216 g/mol. The largest absolute Gasteiger partial charge is 0.330 e. The van der Waals surface area contributed by atoms with Gasteiger partial charge in [0.25, 0.3) is 0 Å². The van der Waals surface area contributed by atoms with Crippen LogP contribution in [0.2, 0.25) is 0 Å². The van der Waals surface area contributed by atoms with Gasteiger partial charge < -0.3 is 10.6 Å². The Balaban J connectivity index is 2.38. The molecule has 84 valence electrons. The van der Waals surface area contributed by atoms with Gasteiger partial charge in [0.05, 0.1) is 0 Å². The molecule has 0 aromatic heterocycles. The number of hydrogen-bond donors (Lipinski definition) is 1. The lowest BCUT2D eigenvalue weighted by molar-refractivity contribution is 0.174. The summed E-state index contributed by atoms with van der Waals surface area (Å²) in [6, 6.07) is 0.765. The normalized spacial score (nSPS) is 28.7. The maximum absolute atomic E-state index is 5.75. The molecule has 1 fully saturated rings. The summed E-state index contributed by atoms with van der Waals surface area (Å²) in [6.45, 7) is 8.70. The van der Waals surface area contributed by atoms with Gasteiger partial charge >= 0.3 is 0 Å². The minimum atomic E-state index is 0.255. The van der Waals surface area contributed by atoms with Gasteiger partial charge in [-0.1, -0.05) is 20.8 Å². The van der Waals surface area contributed by atoms with Crippen LogP contribution in [0.1, 0.15) is 27.2 Å². The van der Waals surface area contributed by atoms with Crippen molar-refractivity contribution < 1.29 is 0 Å². The van der Waals surface area contributed by atoms with Gasteiger partial charge in [0.1, 0.15) is 0 Å². The van der Waals surface area contributed by atoms with Crippen molar-refractivity contribution in [3.8, 4) is 0 Å². The van der Waals surface area contributed by atoms with Crippen molar-refractivity contribution in [3.63, 3.8) is 0 Å². The first-order valence-electron chi connectivity index (χ1n) is 5.46. The number of rotatable bonds is 4. The van der Waals surface area contributed by atoms with Crippen molar-refractivity contribution in [2.75, 3.05) is 25.9 Å². The summed E-state index contributed by atoms with van der Waals surface area (Å²) in [5.41, 5.74) is 6.00. The van der Waals surface area contributed by atoms with E-state index in [-0.39, 0.29) is 5.41 Å². The third kappa shape index (κ3) is 3.44. The Labute approximate surface area is 92.6 Å². The van der Waals surface area contributed by atoms with E-state index in [0.717, 1.165) is 24.4 Å². The molecule has 1 saturated heterocycles. The zero-order valence-corrected chi connectivity index (χ0v) is 10.7. The summed E-state index contributed by atoms with van der Waals surface area (Å²) in [5.74, 6) is 1.29. The fourth-order valence-electron chi connectivity index (χ4n) is 1.97. The first-order chi connectivity index (χ1) is 6.44. The SMILES string of the molecule is CC1CC(N(C)CC(C)(C)CN)CS1. The molecule has 1 rings (SSSR count). The second-order valence-corrected chi connectivity index (χ2v) is 6.79. The van der Waals surface area contributed by atoms with Crippen molar-refractivity contribution in [1.82, 2.24) is 4.90 Å². The van der Waals surface area contributed by atoms with E-state index in [1.165, 1.54) is 12.2 Å². The van der Waals surface area contributed by atoms with Gasteiger partial charge in [-0.15, -0.1) is 0 Å². The van der Waals surface area contributed by atoms with Crippen LogP contribution in [0, 0.1) is 5.41 Å². The number of nitrogens with zero attached hydrogens (tertiary/aromatic N) is 1.